The van der Waals surface area contributed by atoms with Crippen LogP contribution in [0.2, 0.25) is 0 Å². The Balaban J connectivity index is 1.77. The molecule has 0 saturated carbocycles. The molecule has 0 radical (unpaired) electrons. The molecule has 0 aliphatic rings. The van der Waals surface area contributed by atoms with Crippen LogP contribution in [0.5, 0.6) is 5.75 Å². The van der Waals surface area contributed by atoms with E-state index in [2.05, 4.69) is 5.32 Å². The average molecular weight is 443 g/mol. The highest BCUT2D eigenvalue weighted by Gasteiger charge is 2.27. The number of hydrogen-bond acceptors (Lipinski definition) is 4. The molecule has 6 nitrogen and oxygen atoms in total. The van der Waals surface area contributed by atoms with E-state index in [4.69, 9.17) is 4.74 Å². The Morgan fingerprint density at radius 1 is 1.00 bits per heavy atom. The first-order valence-corrected chi connectivity index (χ1v) is 11.1. The van der Waals surface area contributed by atoms with Crippen LogP contribution in [-0.4, -0.2) is 34.5 Å². The molecule has 1 amide bonds. The van der Waals surface area contributed by atoms with Gasteiger partial charge in [-0.2, -0.15) is 0 Å². The summed E-state index contributed by atoms with van der Waals surface area (Å²) >= 11 is 0. The average Bonchev–Trinajstić information content (AvgIpc) is 2.79. The second-order valence-electron chi connectivity index (χ2n) is 6.75. The summed E-state index contributed by atoms with van der Waals surface area (Å²) < 4.78 is 45.8. The van der Waals surface area contributed by atoms with E-state index in [0.717, 1.165) is 9.87 Å². The molecule has 0 atom stereocenters. The lowest BCUT2D eigenvalue weighted by molar-refractivity contribution is -0.119. The minimum atomic E-state index is -3.98. The molecule has 0 heterocycles. The molecule has 8 heteroatoms. The Morgan fingerprint density at radius 2 is 1.71 bits per heavy atom. The van der Waals surface area contributed by atoms with Crippen LogP contribution in [0.15, 0.2) is 83.8 Å². The number of nitrogens with one attached hydrogen (secondary N) is 1. The van der Waals surface area contributed by atoms with Crippen LogP contribution < -0.4 is 14.4 Å². The van der Waals surface area contributed by atoms with Crippen LogP contribution in [0.4, 0.5) is 10.1 Å². The lowest BCUT2D eigenvalue weighted by atomic mass is 10.1. The van der Waals surface area contributed by atoms with Crippen molar-refractivity contribution in [3.05, 3.63) is 90.2 Å². The van der Waals surface area contributed by atoms with E-state index < -0.39 is 22.5 Å². The smallest absolute Gasteiger partial charge is 0.264 e. The maximum atomic E-state index is 13.3. The Hall–Kier alpha value is -3.39. The topological polar surface area (TPSA) is 75.7 Å². The molecule has 1 N–H and O–H groups in total. The SMILES string of the molecule is COc1cccc(N(CC(=O)NCCc2ccc(F)cc2)S(=O)(=O)c2ccccc2)c1. The third-order valence-corrected chi connectivity index (χ3v) is 6.40. The molecule has 3 aromatic rings. The van der Waals surface area contributed by atoms with Gasteiger partial charge in [0.25, 0.3) is 10.0 Å². The Bertz CT molecular complexity index is 1120. The van der Waals surface area contributed by atoms with Gasteiger partial charge in [0.15, 0.2) is 0 Å². The highest BCUT2D eigenvalue weighted by atomic mass is 32.2. The van der Waals surface area contributed by atoms with Crippen molar-refractivity contribution < 1.29 is 22.3 Å². The van der Waals surface area contributed by atoms with Crippen molar-refractivity contribution in [3.63, 3.8) is 0 Å². The zero-order valence-corrected chi connectivity index (χ0v) is 17.8. The minimum Gasteiger partial charge on any atom is -0.497 e. The summed E-state index contributed by atoms with van der Waals surface area (Å²) in [7, 11) is -2.50. The maximum Gasteiger partial charge on any atom is 0.264 e. The molecule has 0 aromatic heterocycles. The number of anilines is 1. The number of nitrogens with zero attached hydrogens (tertiary/aromatic N) is 1. The van der Waals surface area contributed by atoms with Crippen molar-refractivity contribution in [3.8, 4) is 5.75 Å². The number of rotatable bonds is 9. The number of carbonyl (C=O) groups excluding carboxylic acids is 1. The first-order chi connectivity index (χ1) is 14.9. The van der Waals surface area contributed by atoms with E-state index in [1.54, 1.807) is 54.6 Å². The normalized spacial score (nSPS) is 11.0. The molecular weight excluding hydrogens is 419 g/mol. The van der Waals surface area contributed by atoms with E-state index >= 15 is 0 Å². The van der Waals surface area contributed by atoms with Crippen LogP contribution in [-0.2, 0) is 21.2 Å². The maximum absolute atomic E-state index is 13.3. The van der Waals surface area contributed by atoms with Gasteiger partial charge in [0.05, 0.1) is 17.7 Å². The summed E-state index contributed by atoms with van der Waals surface area (Å²) in [6.45, 7) is -0.102. The first-order valence-electron chi connectivity index (χ1n) is 9.63. The Morgan fingerprint density at radius 3 is 2.39 bits per heavy atom. The number of hydrogen-bond donors (Lipinski definition) is 1. The van der Waals surface area contributed by atoms with Crippen LogP contribution in [0.25, 0.3) is 0 Å². The summed E-state index contributed by atoms with van der Waals surface area (Å²) in [4.78, 5) is 12.7. The summed E-state index contributed by atoms with van der Waals surface area (Å²) in [6, 6.07) is 20.4. The van der Waals surface area contributed by atoms with Crippen molar-refractivity contribution in [1.29, 1.82) is 0 Å². The number of amides is 1. The predicted octanol–water partition coefficient (Wildman–Crippen LogP) is 3.39. The van der Waals surface area contributed by atoms with Gasteiger partial charge in [0.2, 0.25) is 5.91 Å². The lowest BCUT2D eigenvalue weighted by Crippen LogP contribution is -2.41. The van der Waals surface area contributed by atoms with Gasteiger partial charge in [-0.3, -0.25) is 9.10 Å². The van der Waals surface area contributed by atoms with Crippen LogP contribution in [0.1, 0.15) is 5.56 Å². The number of ether oxygens (including phenoxy) is 1. The summed E-state index contributed by atoms with van der Waals surface area (Å²) in [5.74, 6) is -0.306. The highest BCUT2D eigenvalue weighted by Crippen LogP contribution is 2.26. The largest absolute Gasteiger partial charge is 0.497 e. The second kappa shape index (κ2) is 10.1. The molecule has 3 rings (SSSR count). The molecule has 0 fully saturated rings. The Labute approximate surface area is 181 Å². The van der Waals surface area contributed by atoms with Crippen LogP contribution in [0, 0.1) is 5.82 Å². The van der Waals surface area contributed by atoms with Crippen molar-refractivity contribution in [2.45, 2.75) is 11.3 Å². The fourth-order valence-corrected chi connectivity index (χ4v) is 4.42. The summed E-state index contributed by atoms with van der Waals surface area (Å²) in [5.41, 5.74) is 1.18. The van der Waals surface area contributed by atoms with Crippen LogP contribution in [0.3, 0.4) is 0 Å². The highest BCUT2D eigenvalue weighted by molar-refractivity contribution is 7.92. The summed E-state index contributed by atoms with van der Waals surface area (Å²) in [6.07, 6.45) is 0.497. The van der Waals surface area contributed by atoms with Gasteiger partial charge in [-0.1, -0.05) is 36.4 Å². The molecule has 0 aliphatic carbocycles. The molecular formula is C23H23FN2O4S. The lowest BCUT2D eigenvalue weighted by Gasteiger charge is -2.24. The van der Waals surface area contributed by atoms with E-state index in [-0.39, 0.29) is 10.7 Å². The van der Waals surface area contributed by atoms with Crippen molar-refractivity contribution in [1.82, 2.24) is 5.32 Å². The molecule has 3 aromatic carbocycles. The molecule has 0 spiro atoms. The van der Waals surface area contributed by atoms with Crippen molar-refractivity contribution >= 4 is 21.6 Å². The summed E-state index contributed by atoms with van der Waals surface area (Å²) in [5, 5.41) is 2.73. The molecule has 0 bridgehead atoms. The first kappa shape index (κ1) is 22.3. The monoisotopic (exact) mass is 442 g/mol. The number of halogens is 1. The second-order valence-corrected chi connectivity index (χ2v) is 8.61. The van der Waals surface area contributed by atoms with E-state index in [0.29, 0.717) is 24.4 Å². The molecule has 0 unspecified atom stereocenters. The zero-order chi connectivity index (χ0) is 22.3. The van der Waals surface area contributed by atoms with Crippen LogP contribution >= 0.6 is 0 Å². The minimum absolute atomic E-state index is 0.0805. The van der Waals surface area contributed by atoms with Gasteiger partial charge < -0.3 is 10.1 Å². The van der Waals surface area contributed by atoms with Gasteiger partial charge in [-0.05, 0) is 48.4 Å². The van der Waals surface area contributed by atoms with E-state index in [1.165, 1.54) is 31.4 Å². The number of sulfonamides is 1. The number of methoxy groups -OCH3 is 1. The van der Waals surface area contributed by atoms with Gasteiger partial charge in [0, 0.05) is 12.6 Å². The standard InChI is InChI=1S/C23H23FN2O4S/c1-30-21-7-5-6-20(16-21)26(31(28,29)22-8-3-2-4-9-22)17-23(27)25-15-14-18-10-12-19(24)13-11-18/h2-13,16H,14-15,17H2,1H3,(H,25,27). The predicted molar refractivity (Wildman–Crippen MR) is 117 cm³/mol. The molecule has 0 aliphatic heterocycles. The Kier molecular flexibility index (Phi) is 7.25. The van der Waals surface area contributed by atoms with Gasteiger partial charge in [-0.25, -0.2) is 12.8 Å². The third-order valence-electron chi connectivity index (χ3n) is 4.61. The molecule has 162 valence electrons. The van der Waals surface area contributed by atoms with Gasteiger partial charge in [-0.15, -0.1) is 0 Å². The molecule has 0 saturated heterocycles. The van der Waals surface area contributed by atoms with Crippen molar-refractivity contribution in [2.24, 2.45) is 0 Å². The quantitative estimate of drug-likeness (QED) is 0.551. The van der Waals surface area contributed by atoms with E-state index in [9.17, 15) is 17.6 Å². The fourth-order valence-electron chi connectivity index (χ4n) is 2.98. The fraction of sp³-hybridized carbons (Fsp3) is 0.174. The third kappa shape index (κ3) is 5.82. The number of benzene rings is 3. The number of carbonyl (C=O) groups is 1. The molecule has 31 heavy (non-hydrogen) atoms. The van der Waals surface area contributed by atoms with Crippen molar-refractivity contribution in [2.75, 3.05) is 24.5 Å². The van der Waals surface area contributed by atoms with Gasteiger partial charge in [0.1, 0.15) is 18.1 Å². The van der Waals surface area contributed by atoms with E-state index in [1.807, 2.05) is 0 Å². The van der Waals surface area contributed by atoms with Gasteiger partial charge >= 0.3 is 0 Å². The zero-order valence-electron chi connectivity index (χ0n) is 17.0.